The minimum Gasteiger partial charge on any atom is -0.365 e. The number of hydrogen-bond acceptors (Lipinski definition) is 4. The van der Waals surface area contributed by atoms with Crippen LogP contribution in [0.1, 0.15) is 46.2 Å². The van der Waals surface area contributed by atoms with Crippen molar-refractivity contribution in [2.24, 2.45) is 5.92 Å². The summed E-state index contributed by atoms with van der Waals surface area (Å²) >= 11 is 0. The van der Waals surface area contributed by atoms with E-state index in [-0.39, 0.29) is 0 Å². The molecule has 2 aliphatic heterocycles. The molecule has 0 spiro atoms. The zero-order valence-corrected chi connectivity index (χ0v) is 16.8. The Labute approximate surface area is 154 Å². The molecule has 0 radical (unpaired) electrons. The van der Waals surface area contributed by atoms with Crippen LogP contribution in [0, 0.1) is 12.8 Å². The molecular weight excluding hydrogens is 308 g/mol. The Bertz CT molecular complexity index is 540. The largest absolute Gasteiger partial charge is 0.365 e. The summed E-state index contributed by atoms with van der Waals surface area (Å²) in [6.07, 6.45) is 4.74. The number of nitrogens with zero attached hydrogens (tertiary/aromatic N) is 4. The maximum absolute atomic E-state index is 4.47. The number of piperazine rings is 1. The minimum absolute atomic E-state index is 0.327. The first kappa shape index (κ1) is 18.7. The summed E-state index contributed by atoms with van der Waals surface area (Å²) in [6.45, 7) is 18.7. The van der Waals surface area contributed by atoms with Crippen LogP contribution in [0.4, 0.5) is 5.69 Å². The first-order valence-electron chi connectivity index (χ1n) is 9.99. The Balaban J connectivity index is 1.48. The van der Waals surface area contributed by atoms with Gasteiger partial charge in [-0.3, -0.25) is 14.8 Å². The van der Waals surface area contributed by atoms with Crippen LogP contribution in [-0.2, 0) is 0 Å². The van der Waals surface area contributed by atoms with Crippen LogP contribution < -0.4 is 4.90 Å². The van der Waals surface area contributed by atoms with E-state index in [1.807, 2.05) is 6.20 Å². The SMILES string of the molecule is Cc1ccc(N2CCN(CC3CCN(C(C)(C)C)CC3)CC2C)cn1. The topological polar surface area (TPSA) is 22.6 Å². The average molecular weight is 345 g/mol. The molecule has 25 heavy (non-hydrogen) atoms. The van der Waals surface area contributed by atoms with Crippen LogP contribution in [-0.4, -0.2) is 65.6 Å². The minimum atomic E-state index is 0.327. The van der Waals surface area contributed by atoms with Gasteiger partial charge in [0.25, 0.3) is 0 Å². The zero-order chi connectivity index (χ0) is 18.0. The number of likely N-dealkylation sites (tertiary alicyclic amines) is 1. The van der Waals surface area contributed by atoms with Crippen LogP contribution in [0.2, 0.25) is 0 Å². The summed E-state index contributed by atoms with van der Waals surface area (Å²) in [6, 6.07) is 4.90. The van der Waals surface area contributed by atoms with Gasteiger partial charge >= 0.3 is 0 Å². The molecule has 140 valence electrons. The normalized spacial score (nSPS) is 24.7. The Hall–Kier alpha value is -1.13. The summed E-state index contributed by atoms with van der Waals surface area (Å²) < 4.78 is 0. The molecule has 3 heterocycles. The van der Waals surface area contributed by atoms with Crippen molar-refractivity contribution in [1.29, 1.82) is 0 Å². The standard InChI is InChI=1S/C21H36N4/c1-17-6-7-20(14-22-17)25-13-12-23(15-18(25)2)16-19-8-10-24(11-9-19)21(3,4)5/h6-7,14,18-19H,8-13,15-16H2,1-5H3. The third kappa shape index (κ3) is 4.73. The highest BCUT2D eigenvalue weighted by molar-refractivity contribution is 5.46. The van der Waals surface area contributed by atoms with Crippen molar-refractivity contribution in [2.75, 3.05) is 44.2 Å². The number of anilines is 1. The van der Waals surface area contributed by atoms with Crippen LogP contribution in [0.5, 0.6) is 0 Å². The predicted octanol–water partition coefficient (Wildman–Crippen LogP) is 3.41. The van der Waals surface area contributed by atoms with Gasteiger partial charge in [0.15, 0.2) is 0 Å². The maximum Gasteiger partial charge on any atom is 0.0556 e. The Morgan fingerprint density at radius 3 is 2.36 bits per heavy atom. The summed E-state index contributed by atoms with van der Waals surface area (Å²) in [5, 5.41) is 0. The number of aryl methyl sites for hydroxylation is 1. The van der Waals surface area contributed by atoms with Crippen molar-refractivity contribution < 1.29 is 0 Å². The van der Waals surface area contributed by atoms with E-state index in [2.05, 4.69) is 66.4 Å². The molecule has 2 fully saturated rings. The molecule has 4 nitrogen and oxygen atoms in total. The van der Waals surface area contributed by atoms with Gasteiger partial charge in [-0.1, -0.05) is 0 Å². The van der Waals surface area contributed by atoms with Gasteiger partial charge < -0.3 is 4.90 Å². The highest BCUT2D eigenvalue weighted by Gasteiger charge is 2.30. The van der Waals surface area contributed by atoms with Crippen LogP contribution in [0.25, 0.3) is 0 Å². The fourth-order valence-corrected chi connectivity index (χ4v) is 4.36. The molecule has 0 aromatic carbocycles. The van der Waals surface area contributed by atoms with E-state index >= 15 is 0 Å². The van der Waals surface area contributed by atoms with E-state index in [0.717, 1.165) is 18.2 Å². The molecule has 2 aliphatic rings. The summed E-state index contributed by atoms with van der Waals surface area (Å²) in [5.74, 6) is 0.874. The van der Waals surface area contributed by atoms with Gasteiger partial charge in [0.2, 0.25) is 0 Å². The van der Waals surface area contributed by atoms with Crippen molar-refractivity contribution in [1.82, 2.24) is 14.8 Å². The van der Waals surface area contributed by atoms with E-state index in [1.54, 1.807) is 0 Å². The molecule has 4 heteroatoms. The number of hydrogen-bond donors (Lipinski definition) is 0. The molecular formula is C21H36N4. The van der Waals surface area contributed by atoms with Crippen LogP contribution in [0.15, 0.2) is 18.3 Å². The van der Waals surface area contributed by atoms with Crippen molar-refractivity contribution >= 4 is 5.69 Å². The first-order valence-corrected chi connectivity index (χ1v) is 9.99. The lowest BCUT2D eigenvalue weighted by Crippen LogP contribution is -2.54. The third-order valence-electron chi connectivity index (χ3n) is 6.02. The summed E-state index contributed by atoms with van der Waals surface area (Å²) in [7, 11) is 0. The predicted molar refractivity (Wildman–Crippen MR) is 106 cm³/mol. The molecule has 2 saturated heterocycles. The first-order chi connectivity index (χ1) is 11.8. The van der Waals surface area contributed by atoms with Gasteiger partial charge in [-0.05, 0) is 78.6 Å². The Kier molecular flexibility index (Phi) is 5.69. The second-order valence-corrected chi connectivity index (χ2v) is 9.06. The van der Waals surface area contributed by atoms with E-state index in [9.17, 15) is 0 Å². The smallest absolute Gasteiger partial charge is 0.0556 e. The van der Waals surface area contributed by atoms with Crippen molar-refractivity contribution in [3.8, 4) is 0 Å². The number of aromatic nitrogens is 1. The van der Waals surface area contributed by atoms with Gasteiger partial charge in [-0.2, -0.15) is 0 Å². The molecule has 1 atom stereocenters. The van der Waals surface area contributed by atoms with Gasteiger partial charge in [-0.15, -0.1) is 0 Å². The van der Waals surface area contributed by atoms with E-state index in [0.29, 0.717) is 11.6 Å². The van der Waals surface area contributed by atoms with Crippen molar-refractivity contribution in [3.63, 3.8) is 0 Å². The van der Waals surface area contributed by atoms with Gasteiger partial charge in [0, 0.05) is 43.5 Å². The van der Waals surface area contributed by atoms with Gasteiger partial charge in [-0.25, -0.2) is 0 Å². The molecule has 3 rings (SSSR count). The van der Waals surface area contributed by atoms with Gasteiger partial charge in [0.05, 0.1) is 11.9 Å². The fourth-order valence-electron chi connectivity index (χ4n) is 4.36. The van der Waals surface area contributed by atoms with Crippen molar-refractivity contribution in [3.05, 3.63) is 24.0 Å². The monoisotopic (exact) mass is 344 g/mol. The Morgan fingerprint density at radius 2 is 1.80 bits per heavy atom. The van der Waals surface area contributed by atoms with Crippen LogP contribution >= 0.6 is 0 Å². The fraction of sp³-hybridized carbons (Fsp3) is 0.762. The highest BCUT2D eigenvalue weighted by atomic mass is 15.3. The van der Waals surface area contributed by atoms with Crippen LogP contribution in [0.3, 0.4) is 0 Å². The second-order valence-electron chi connectivity index (χ2n) is 9.06. The molecule has 0 saturated carbocycles. The molecule has 0 bridgehead atoms. The van der Waals surface area contributed by atoms with E-state index in [1.165, 1.54) is 51.3 Å². The van der Waals surface area contributed by atoms with Crippen molar-refractivity contribution in [2.45, 2.75) is 59.0 Å². The number of piperidine rings is 1. The maximum atomic E-state index is 4.47. The summed E-state index contributed by atoms with van der Waals surface area (Å²) in [4.78, 5) is 12.3. The zero-order valence-electron chi connectivity index (χ0n) is 16.8. The number of rotatable bonds is 3. The Morgan fingerprint density at radius 1 is 1.08 bits per heavy atom. The molecule has 0 amide bonds. The van der Waals surface area contributed by atoms with E-state index in [4.69, 9.17) is 0 Å². The quantitative estimate of drug-likeness (QED) is 0.838. The molecule has 0 N–H and O–H groups in total. The lowest BCUT2D eigenvalue weighted by Gasteiger charge is -2.44. The molecule has 1 aromatic heterocycles. The molecule has 1 unspecified atom stereocenters. The summed E-state index contributed by atoms with van der Waals surface area (Å²) in [5.41, 5.74) is 2.69. The average Bonchev–Trinajstić information content (AvgIpc) is 2.56. The molecule has 1 aromatic rings. The van der Waals surface area contributed by atoms with E-state index < -0.39 is 0 Å². The highest BCUT2D eigenvalue weighted by Crippen LogP contribution is 2.26. The number of pyridine rings is 1. The lowest BCUT2D eigenvalue weighted by atomic mass is 9.92. The third-order valence-corrected chi connectivity index (χ3v) is 6.02. The van der Waals surface area contributed by atoms with Gasteiger partial charge in [0.1, 0.15) is 0 Å². The lowest BCUT2D eigenvalue weighted by molar-refractivity contribution is 0.0716. The second kappa shape index (κ2) is 7.63. The molecule has 0 aliphatic carbocycles.